The zero-order valence-corrected chi connectivity index (χ0v) is 19.2. The van der Waals surface area contributed by atoms with E-state index in [2.05, 4.69) is 25.6 Å². The van der Waals surface area contributed by atoms with E-state index in [4.69, 9.17) is 9.47 Å². The summed E-state index contributed by atoms with van der Waals surface area (Å²) in [4.78, 5) is 49.2. The van der Waals surface area contributed by atoms with Crippen LogP contribution in [0.2, 0.25) is 0 Å². The van der Waals surface area contributed by atoms with Gasteiger partial charge >= 0.3 is 5.97 Å². The second-order valence-electron chi connectivity index (χ2n) is 6.97. The van der Waals surface area contributed by atoms with Gasteiger partial charge < -0.3 is 20.1 Å². The van der Waals surface area contributed by atoms with Crippen LogP contribution in [0.3, 0.4) is 0 Å². The molecule has 0 aliphatic rings. The van der Waals surface area contributed by atoms with Crippen molar-refractivity contribution in [3.05, 3.63) is 83.6 Å². The van der Waals surface area contributed by atoms with Gasteiger partial charge in [0.2, 0.25) is 0 Å². The summed E-state index contributed by atoms with van der Waals surface area (Å²) in [7, 11) is 1.52. The van der Waals surface area contributed by atoms with E-state index in [9.17, 15) is 14.4 Å². The molecule has 176 valence electrons. The van der Waals surface area contributed by atoms with Crippen LogP contribution in [-0.4, -0.2) is 46.5 Å². The molecule has 0 fully saturated rings. The molecular weight excluding hydrogens is 470 g/mol. The zero-order chi connectivity index (χ0) is 24.6. The summed E-state index contributed by atoms with van der Waals surface area (Å²) in [6, 6.07) is 15.0. The molecule has 11 heteroatoms. The van der Waals surface area contributed by atoms with Gasteiger partial charge in [0.1, 0.15) is 5.75 Å². The van der Waals surface area contributed by atoms with E-state index in [0.29, 0.717) is 33.5 Å². The summed E-state index contributed by atoms with van der Waals surface area (Å²) in [5, 5.41) is 7.37. The van der Waals surface area contributed by atoms with Crippen LogP contribution in [0.15, 0.2) is 72.4 Å². The summed E-state index contributed by atoms with van der Waals surface area (Å²) < 4.78 is 10.3. The third kappa shape index (κ3) is 6.03. The highest BCUT2D eigenvalue weighted by molar-refractivity contribution is 7.13. The molecular formula is C24H19N5O5S. The molecule has 0 saturated heterocycles. The Morgan fingerprint density at radius 3 is 2.43 bits per heavy atom. The van der Waals surface area contributed by atoms with Crippen LogP contribution in [0.1, 0.15) is 20.8 Å². The Bertz CT molecular complexity index is 1340. The molecule has 2 N–H and O–H groups in total. The average molecular weight is 490 g/mol. The molecule has 2 amide bonds. The van der Waals surface area contributed by atoms with Gasteiger partial charge in [-0.25, -0.2) is 19.7 Å². The van der Waals surface area contributed by atoms with Crippen molar-refractivity contribution in [3.63, 3.8) is 0 Å². The lowest BCUT2D eigenvalue weighted by molar-refractivity contribution is -0.119. The first kappa shape index (κ1) is 23.5. The van der Waals surface area contributed by atoms with Crippen LogP contribution in [0.25, 0.3) is 10.8 Å². The smallest absolute Gasteiger partial charge is 0.358 e. The van der Waals surface area contributed by atoms with Gasteiger partial charge in [-0.2, -0.15) is 0 Å². The van der Waals surface area contributed by atoms with Gasteiger partial charge in [-0.05, 0) is 42.5 Å². The molecule has 0 aliphatic carbocycles. The van der Waals surface area contributed by atoms with Crippen molar-refractivity contribution < 1.29 is 23.9 Å². The Kier molecular flexibility index (Phi) is 7.38. The lowest BCUT2D eigenvalue weighted by Gasteiger charge is -2.10. The maximum atomic E-state index is 12.5. The molecule has 0 bridgehead atoms. The summed E-state index contributed by atoms with van der Waals surface area (Å²) >= 11 is 1.20. The van der Waals surface area contributed by atoms with Crippen molar-refractivity contribution in [2.24, 2.45) is 0 Å². The van der Waals surface area contributed by atoms with Crippen LogP contribution < -0.4 is 15.4 Å². The molecule has 0 saturated carbocycles. The second kappa shape index (κ2) is 11.0. The molecule has 2 aromatic carbocycles. The summed E-state index contributed by atoms with van der Waals surface area (Å²) in [5.41, 5.74) is 1.44. The highest BCUT2D eigenvalue weighted by atomic mass is 32.1. The van der Waals surface area contributed by atoms with Crippen LogP contribution >= 0.6 is 11.3 Å². The van der Waals surface area contributed by atoms with Gasteiger partial charge in [0.05, 0.1) is 12.8 Å². The molecule has 0 atom stereocenters. The third-order valence-corrected chi connectivity index (χ3v) is 5.43. The Morgan fingerprint density at radius 2 is 1.69 bits per heavy atom. The number of esters is 1. The highest BCUT2D eigenvalue weighted by Gasteiger charge is 2.16. The number of anilines is 2. The number of hydrogen-bond acceptors (Lipinski definition) is 9. The minimum absolute atomic E-state index is 0.0654. The van der Waals surface area contributed by atoms with Crippen LogP contribution in [0.4, 0.5) is 11.4 Å². The Hall–Kier alpha value is -4.64. The van der Waals surface area contributed by atoms with E-state index in [-0.39, 0.29) is 11.6 Å². The molecule has 0 aliphatic heterocycles. The van der Waals surface area contributed by atoms with E-state index in [0.717, 1.165) is 0 Å². The largest absolute Gasteiger partial charge is 0.495 e. The first-order chi connectivity index (χ1) is 17.0. The van der Waals surface area contributed by atoms with Gasteiger partial charge in [-0.1, -0.05) is 12.1 Å². The first-order valence-electron chi connectivity index (χ1n) is 10.3. The van der Waals surface area contributed by atoms with Crippen molar-refractivity contribution in [2.75, 3.05) is 24.4 Å². The van der Waals surface area contributed by atoms with E-state index in [1.165, 1.54) is 23.8 Å². The van der Waals surface area contributed by atoms with E-state index < -0.39 is 18.5 Å². The van der Waals surface area contributed by atoms with Crippen LogP contribution in [0.5, 0.6) is 5.75 Å². The number of methoxy groups -OCH3 is 1. The summed E-state index contributed by atoms with van der Waals surface area (Å²) in [6.07, 6.45) is 3.15. The first-order valence-corrected chi connectivity index (χ1v) is 11.2. The van der Waals surface area contributed by atoms with E-state index >= 15 is 0 Å². The Labute approximate surface area is 204 Å². The minimum atomic E-state index is -0.734. The number of nitrogens with zero attached hydrogens (tertiary/aromatic N) is 3. The fraction of sp³-hybridized carbons (Fsp3) is 0.0833. The predicted molar refractivity (Wildman–Crippen MR) is 129 cm³/mol. The Morgan fingerprint density at radius 1 is 0.943 bits per heavy atom. The molecule has 10 nitrogen and oxygen atoms in total. The number of amides is 2. The van der Waals surface area contributed by atoms with E-state index in [1.807, 2.05) is 0 Å². The summed E-state index contributed by atoms with van der Waals surface area (Å²) in [6.45, 7) is -0.496. The molecule has 2 aromatic heterocycles. The fourth-order valence-corrected chi connectivity index (χ4v) is 3.66. The maximum absolute atomic E-state index is 12.5. The highest BCUT2D eigenvalue weighted by Crippen LogP contribution is 2.24. The average Bonchev–Trinajstić information content (AvgIpc) is 3.39. The molecule has 0 radical (unpaired) electrons. The number of carbonyl (C=O) groups excluding carboxylic acids is 3. The lowest BCUT2D eigenvalue weighted by atomic mass is 10.2. The third-order valence-electron chi connectivity index (χ3n) is 4.59. The molecule has 4 rings (SSSR count). The second-order valence-corrected chi connectivity index (χ2v) is 7.82. The van der Waals surface area contributed by atoms with Gasteiger partial charge in [0.25, 0.3) is 11.8 Å². The van der Waals surface area contributed by atoms with Crippen molar-refractivity contribution in [1.82, 2.24) is 15.0 Å². The number of benzene rings is 2. The van der Waals surface area contributed by atoms with Crippen molar-refractivity contribution in [3.8, 4) is 16.6 Å². The normalized spacial score (nSPS) is 10.3. The van der Waals surface area contributed by atoms with Crippen molar-refractivity contribution in [1.29, 1.82) is 0 Å². The number of carbonyl (C=O) groups is 3. The minimum Gasteiger partial charge on any atom is -0.495 e. The monoisotopic (exact) mass is 489 g/mol. The SMILES string of the molecule is COc1ccccc1NC(=O)c1ccc(NC(=O)COC(=O)c2csc(-c3ncccn3)n2)cc1. The Balaban J connectivity index is 1.28. The van der Waals surface area contributed by atoms with Crippen molar-refractivity contribution >= 4 is 40.5 Å². The van der Waals surface area contributed by atoms with E-state index in [1.54, 1.807) is 67.0 Å². The van der Waals surface area contributed by atoms with Crippen LogP contribution in [-0.2, 0) is 9.53 Å². The molecule has 0 spiro atoms. The van der Waals surface area contributed by atoms with Gasteiger partial charge in [0.15, 0.2) is 23.1 Å². The molecule has 4 aromatic rings. The molecule has 2 heterocycles. The molecule has 0 unspecified atom stereocenters. The fourth-order valence-electron chi connectivity index (χ4n) is 2.93. The number of para-hydroxylation sites is 2. The quantitative estimate of drug-likeness (QED) is 0.359. The van der Waals surface area contributed by atoms with Gasteiger partial charge in [-0.15, -0.1) is 11.3 Å². The number of ether oxygens (including phenoxy) is 2. The number of hydrogen-bond donors (Lipinski definition) is 2. The predicted octanol–water partition coefficient (Wildman–Crippen LogP) is 3.66. The van der Waals surface area contributed by atoms with Gasteiger partial charge in [-0.3, -0.25) is 9.59 Å². The number of nitrogens with one attached hydrogen (secondary N) is 2. The van der Waals surface area contributed by atoms with Crippen molar-refractivity contribution in [2.45, 2.75) is 0 Å². The standard InChI is InChI=1S/C24H19N5O5S/c1-33-19-6-3-2-5-17(19)28-22(31)15-7-9-16(10-8-15)27-20(30)13-34-24(32)18-14-35-23(29-18)21-25-11-4-12-26-21/h2-12,14H,13H2,1H3,(H,27,30)(H,28,31). The maximum Gasteiger partial charge on any atom is 0.358 e. The number of aromatic nitrogens is 3. The number of thiazole rings is 1. The van der Waals surface area contributed by atoms with Crippen LogP contribution in [0, 0.1) is 0 Å². The lowest BCUT2D eigenvalue weighted by Crippen LogP contribution is -2.21. The van der Waals surface area contributed by atoms with Gasteiger partial charge in [0, 0.05) is 29.0 Å². The summed E-state index contributed by atoms with van der Waals surface area (Å²) in [5.74, 6) is -0.658. The topological polar surface area (TPSA) is 132 Å². The molecule has 35 heavy (non-hydrogen) atoms. The zero-order valence-electron chi connectivity index (χ0n) is 18.4. The number of rotatable bonds is 8.